The first-order valence-corrected chi connectivity index (χ1v) is 9.22. The number of hydrogen-bond donors (Lipinski definition) is 0. The summed E-state index contributed by atoms with van der Waals surface area (Å²) >= 11 is 0. The molecule has 1 aromatic rings. The molecule has 0 amide bonds. The van der Waals surface area contributed by atoms with Crippen LogP contribution < -0.4 is 0 Å². The summed E-state index contributed by atoms with van der Waals surface area (Å²) in [7, 11) is 0. The third-order valence-electron chi connectivity index (χ3n) is 4.00. The quantitative estimate of drug-likeness (QED) is 0.444. The van der Waals surface area contributed by atoms with Gasteiger partial charge in [-0.1, -0.05) is 30.3 Å². The van der Waals surface area contributed by atoms with Crippen LogP contribution in [0.5, 0.6) is 0 Å². The number of benzene rings is 1. The predicted molar refractivity (Wildman–Crippen MR) is 98.2 cm³/mol. The Morgan fingerprint density at radius 3 is 2.14 bits per heavy atom. The van der Waals surface area contributed by atoms with E-state index in [2.05, 4.69) is 0 Å². The lowest BCUT2D eigenvalue weighted by molar-refractivity contribution is -0.303. The van der Waals surface area contributed by atoms with Crippen molar-refractivity contribution in [2.24, 2.45) is 0 Å². The van der Waals surface area contributed by atoms with Crippen molar-refractivity contribution in [2.75, 3.05) is 13.2 Å². The Morgan fingerprint density at radius 1 is 0.966 bits per heavy atom. The summed E-state index contributed by atoms with van der Waals surface area (Å²) in [5.74, 6) is -3.60. The summed E-state index contributed by atoms with van der Waals surface area (Å²) in [5.41, 5.74) is 0.911. The Hall–Kier alpha value is -2.49. The molecule has 0 saturated carbocycles. The fourth-order valence-corrected chi connectivity index (χ4v) is 3.03. The van der Waals surface area contributed by atoms with E-state index in [0.717, 1.165) is 5.56 Å². The molecule has 1 heterocycles. The Kier molecular flexibility index (Phi) is 8.12. The number of rotatable bonds is 9. The molecule has 1 fully saturated rings. The highest BCUT2D eigenvalue weighted by molar-refractivity contribution is 5.68. The lowest BCUT2D eigenvalue weighted by Gasteiger charge is -2.33. The molecule has 0 aliphatic carbocycles. The van der Waals surface area contributed by atoms with E-state index in [1.807, 2.05) is 30.3 Å². The number of ether oxygens (including phenoxy) is 6. The van der Waals surface area contributed by atoms with Crippen molar-refractivity contribution < 1.29 is 42.8 Å². The Morgan fingerprint density at radius 2 is 1.59 bits per heavy atom. The van der Waals surface area contributed by atoms with E-state index < -0.39 is 42.2 Å². The first kappa shape index (κ1) is 22.8. The van der Waals surface area contributed by atoms with E-state index in [1.54, 1.807) is 6.92 Å². The zero-order chi connectivity index (χ0) is 21.4. The van der Waals surface area contributed by atoms with Crippen molar-refractivity contribution in [2.45, 2.75) is 58.6 Å². The van der Waals surface area contributed by atoms with E-state index in [0.29, 0.717) is 0 Å². The second-order valence-electron chi connectivity index (χ2n) is 6.42. The molecule has 29 heavy (non-hydrogen) atoms. The van der Waals surface area contributed by atoms with E-state index in [1.165, 1.54) is 20.8 Å². The second-order valence-corrected chi connectivity index (χ2v) is 6.42. The minimum atomic E-state index is -1.63. The smallest absolute Gasteiger partial charge is 0.305 e. The zero-order valence-electron chi connectivity index (χ0n) is 16.9. The maximum absolute atomic E-state index is 11.7. The Bertz CT molecular complexity index is 705. The maximum atomic E-state index is 11.7. The van der Waals surface area contributed by atoms with Crippen molar-refractivity contribution in [1.29, 1.82) is 0 Å². The number of carbonyl (C=O) groups is 3. The van der Waals surface area contributed by atoms with Crippen molar-refractivity contribution in [3.8, 4) is 0 Å². The van der Waals surface area contributed by atoms with Crippen LogP contribution in [0, 0.1) is 0 Å². The van der Waals surface area contributed by atoms with Crippen LogP contribution in [0.3, 0.4) is 0 Å². The lowest BCUT2D eigenvalue weighted by Crippen LogP contribution is -2.52. The van der Waals surface area contributed by atoms with Crippen molar-refractivity contribution >= 4 is 17.9 Å². The molecule has 0 bridgehead atoms. The van der Waals surface area contributed by atoms with Crippen molar-refractivity contribution in [3.05, 3.63) is 35.9 Å². The predicted octanol–water partition coefficient (Wildman–Crippen LogP) is 1.72. The largest absolute Gasteiger partial charge is 0.452 e. The van der Waals surface area contributed by atoms with Gasteiger partial charge in [-0.05, 0) is 12.5 Å². The number of carbonyl (C=O) groups excluding carboxylic acids is 3. The molecule has 0 radical (unpaired) electrons. The molecule has 9 nitrogen and oxygen atoms in total. The highest BCUT2D eigenvalue weighted by atomic mass is 16.8. The van der Waals surface area contributed by atoms with Gasteiger partial charge in [0.25, 0.3) is 0 Å². The average Bonchev–Trinajstić information content (AvgIpc) is 2.88. The lowest BCUT2D eigenvalue weighted by atomic mass is 10.1. The van der Waals surface area contributed by atoms with E-state index >= 15 is 0 Å². The van der Waals surface area contributed by atoms with Crippen LogP contribution in [0.2, 0.25) is 0 Å². The van der Waals surface area contributed by atoms with Crippen molar-refractivity contribution in [1.82, 2.24) is 0 Å². The van der Waals surface area contributed by atoms with E-state index in [4.69, 9.17) is 28.4 Å². The summed E-state index contributed by atoms with van der Waals surface area (Å²) in [4.78, 5) is 34.8. The van der Waals surface area contributed by atoms with Gasteiger partial charge in [0.1, 0.15) is 6.61 Å². The molecule has 1 saturated heterocycles. The van der Waals surface area contributed by atoms with Gasteiger partial charge in [0.2, 0.25) is 24.3 Å². The van der Waals surface area contributed by atoms with Gasteiger partial charge in [0.05, 0.1) is 6.61 Å². The number of hydrogen-bond acceptors (Lipinski definition) is 9. The maximum Gasteiger partial charge on any atom is 0.305 e. The van der Waals surface area contributed by atoms with Crippen LogP contribution in [-0.2, 0) is 49.4 Å². The molecule has 1 aliphatic heterocycles. The van der Waals surface area contributed by atoms with Gasteiger partial charge in [-0.25, -0.2) is 0 Å². The van der Waals surface area contributed by atoms with Crippen LogP contribution in [0.15, 0.2) is 30.3 Å². The van der Waals surface area contributed by atoms with Crippen LogP contribution >= 0.6 is 0 Å². The standard InChI is InChI=1S/C20H26O9/c1-5-25-20(12-24-11-16-9-7-6-8-10-16)18(27-14(3)22)17(26-13(2)21)19(29-20)28-15(4)23/h6-10,17-19H,5,11-12H2,1-4H3/t17-,18+,19+,20+/m0/s1. The fourth-order valence-electron chi connectivity index (χ4n) is 3.03. The topological polar surface area (TPSA) is 107 Å². The minimum Gasteiger partial charge on any atom is -0.452 e. The van der Waals surface area contributed by atoms with Gasteiger partial charge in [0, 0.05) is 27.4 Å². The zero-order valence-corrected chi connectivity index (χ0v) is 16.9. The van der Waals surface area contributed by atoms with Gasteiger partial charge >= 0.3 is 17.9 Å². The van der Waals surface area contributed by atoms with Gasteiger partial charge in [-0.15, -0.1) is 0 Å². The first-order valence-electron chi connectivity index (χ1n) is 9.22. The molecule has 160 valence electrons. The number of esters is 3. The van der Waals surface area contributed by atoms with Gasteiger partial charge in [-0.3, -0.25) is 14.4 Å². The van der Waals surface area contributed by atoms with Crippen LogP contribution in [0.4, 0.5) is 0 Å². The van der Waals surface area contributed by atoms with Crippen LogP contribution in [0.25, 0.3) is 0 Å². The van der Waals surface area contributed by atoms with Crippen LogP contribution in [-0.4, -0.2) is 55.4 Å². The molecular formula is C20H26O9. The molecule has 9 heteroatoms. The molecule has 0 aromatic heterocycles. The normalized spacial score (nSPS) is 26.0. The van der Waals surface area contributed by atoms with E-state index in [9.17, 15) is 14.4 Å². The van der Waals surface area contributed by atoms with E-state index in [-0.39, 0.29) is 19.8 Å². The fraction of sp³-hybridized carbons (Fsp3) is 0.550. The monoisotopic (exact) mass is 410 g/mol. The summed E-state index contributed by atoms with van der Waals surface area (Å²) in [6.07, 6.45) is -3.75. The summed E-state index contributed by atoms with van der Waals surface area (Å²) in [5, 5.41) is 0. The Labute approximate surface area is 169 Å². The van der Waals surface area contributed by atoms with Crippen molar-refractivity contribution in [3.63, 3.8) is 0 Å². The molecule has 0 spiro atoms. The highest BCUT2D eigenvalue weighted by Gasteiger charge is 2.62. The molecular weight excluding hydrogens is 384 g/mol. The minimum absolute atomic E-state index is 0.163. The first-order chi connectivity index (χ1) is 13.8. The molecule has 0 N–H and O–H groups in total. The second kappa shape index (κ2) is 10.3. The molecule has 4 atom stereocenters. The van der Waals surface area contributed by atoms with Gasteiger partial charge in [0.15, 0.2) is 0 Å². The third kappa shape index (κ3) is 6.25. The molecule has 1 aliphatic rings. The molecule has 0 unspecified atom stereocenters. The van der Waals surface area contributed by atoms with Crippen LogP contribution in [0.1, 0.15) is 33.3 Å². The summed E-state index contributed by atoms with van der Waals surface area (Å²) in [6.45, 7) is 5.53. The summed E-state index contributed by atoms with van der Waals surface area (Å²) in [6, 6.07) is 9.40. The SMILES string of the molecule is CCO[C@]1(COCc2ccccc2)O[C@@H](OC(C)=O)[C@@H](OC(C)=O)[C@H]1OC(C)=O. The molecule has 2 rings (SSSR count). The third-order valence-corrected chi connectivity index (χ3v) is 4.00. The molecule has 1 aromatic carbocycles. The Balaban J connectivity index is 2.29. The van der Waals surface area contributed by atoms with Gasteiger partial charge in [-0.2, -0.15) is 0 Å². The highest BCUT2D eigenvalue weighted by Crippen LogP contribution is 2.38. The summed E-state index contributed by atoms with van der Waals surface area (Å²) < 4.78 is 33.1. The van der Waals surface area contributed by atoms with Gasteiger partial charge < -0.3 is 28.4 Å². The average molecular weight is 410 g/mol.